The summed E-state index contributed by atoms with van der Waals surface area (Å²) < 4.78 is 4.89. The van der Waals surface area contributed by atoms with Crippen LogP contribution < -0.4 is 4.90 Å². The SMILES string of the molecule is COCC(=O)N1CCCC(O)c2ccccc21. The number of benzene rings is 1. The Hall–Kier alpha value is -1.39. The molecule has 1 aliphatic rings. The normalized spacial score (nSPS) is 19.6. The number of rotatable bonds is 2. The number of ether oxygens (including phenoxy) is 1. The Labute approximate surface area is 101 Å². The molecule has 17 heavy (non-hydrogen) atoms. The maximum atomic E-state index is 11.9. The van der Waals surface area contributed by atoms with Gasteiger partial charge in [0.2, 0.25) is 0 Å². The van der Waals surface area contributed by atoms with Gasteiger partial charge < -0.3 is 14.7 Å². The van der Waals surface area contributed by atoms with Crippen molar-refractivity contribution in [1.29, 1.82) is 0 Å². The van der Waals surface area contributed by atoms with E-state index in [-0.39, 0.29) is 12.5 Å². The maximum Gasteiger partial charge on any atom is 0.252 e. The van der Waals surface area contributed by atoms with Crippen molar-refractivity contribution in [1.82, 2.24) is 0 Å². The summed E-state index contributed by atoms with van der Waals surface area (Å²) in [5, 5.41) is 10.0. The van der Waals surface area contributed by atoms with Crippen LogP contribution in [-0.2, 0) is 9.53 Å². The predicted octanol–water partition coefficient (Wildman–Crippen LogP) is 1.49. The van der Waals surface area contributed by atoms with E-state index in [1.807, 2.05) is 24.3 Å². The number of para-hydroxylation sites is 1. The molecule has 1 atom stereocenters. The van der Waals surface area contributed by atoms with Crippen molar-refractivity contribution in [3.8, 4) is 0 Å². The molecule has 2 rings (SSSR count). The fraction of sp³-hybridized carbons (Fsp3) is 0.462. The summed E-state index contributed by atoms with van der Waals surface area (Å²) >= 11 is 0. The van der Waals surface area contributed by atoms with Gasteiger partial charge in [-0.25, -0.2) is 0 Å². The van der Waals surface area contributed by atoms with Crippen LogP contribution in [0.4, 0.5) is 5.69 Å². The molecule has 0 radical (unpaired) electrons. The van der Waals surface area contributed by atoms with E-state index in [9.17, 15) is 9.90 Å². The Balaban J connectivity index is 2.35. The van der Waals surface area contributed by atoms with Crippen LogP contribution in [0.3, 0.4) is 0 Å². The number of nitrogens with zero attached hydrogens (tertiary/aromatic N) is 1. The zero-order valence-corrected chi connectivity index (χ0v) is 9.93. The highest BCUT2D eigenvalue weighted by Crippen LogP contribution is 2.32. The monoisotopic (exact) mass is 235 g/mol. The molecule has 0 bridgehead atoms. The van der Waals surface area contributed by atoms with Crippen LogP contribution in [0.2, 0.25) is 0 Å². The molecular formula is C13H17NO3. The van der Waals surface area contributed by atoms with Crippen LogP contribution in [0.1, 0.15) is 24.5 Å². The fourth-order valence-electron chi connectivity index (χ4n) is 2.19. The lowest BCUT2D eigenvalue weighted by molar-refractivity contribution is -0.122. The van der Waals surface area contributed by atoms with Crippen LogP contribution in [0.5, 0.6) is 0 Å². The maximum absolute atomic E-state index is 11.9. The van der Waals surface area contributed by atoms with Gasteiger partial charge in [0.15, 0.2) is 0 Å². The largest absolute Gasteiger partial charge is 0.388 e. The number of anilines is 1. The number of amides is 1. The summed E-state index contributed by atoms with van der Waals surface area (Å²) in [5.74, 6) is -0.0611. The molecule has 0 aromatic heterocycles. The summed E-state index contributed by atoms with van der Waals surface area (Å²) in [6.45, 7) is 0.709. The smallest absolute Gasteiger partial charge is 0.252 e. The van der Waals surface area contributed by atoms with Gasteiger partial charge >= 0.3 is 0 Å². The van der Waals surface area contributed by atoms with Gasteiger partial charge in [0.05, 0.1) is 6.10 Å². The zero-order chi connectivity index (χ0) is 12.3. The topological polar surface area (TPSA) is 49.8 Å². The summed E-state index contributed by atoms with van der Waals surface area (Å²) in [7, 11) is 1.51. The standard InChI is InChI=1S/C13H17NO3/c1-17-9-13(16)14-8-4-7-12(15)10-5-2-3-6-11(10)14/h2-3,5-6,12,15H,4,7-9H2,1H3. The predicted molar refractivity (Wildman–Crippen MR) is 64.9 cm³/mol. The van der Waals surface area contributed by atoms with Crippen molar-refractivity contribution in [2.75, 3.05) is 25.2 Å². The lowest BCUT2D eigenvalue weighted by atomic mass is 10.0. The molecular weight excluding hydrogens is 218 g/mol. The summed E-state index contributed by atoms with van der Waals surface area (Å²) in [4.78, 5) is 13.6. The van der Waals surface area contributed by atoms with Crippen LogP contribution in [0.25, 0.3) is 0 Å². The van der Waals surface area contributed by atoms with Gasteiger partial charge in [0, 0.05) is 24.9 Å². The number of hydrogen-bond acceptors (Lipinski definition) is 3. The number of methoxy groups -OCH3 is 1. The number of carbonyl (C=O) groups excluding carboxylic acids is 1. The molecule has 1 amide bonds. The molecule has 1 aromatic rings. The Morgan fingerprint density at radius 1 is 1.53 bits per heavy atom. The average Bonchev–Trinajstić information content (AvgIpc) is 2.50. The van der Waals surface area contributed by atoms with Crippen LogP contribution in [0, 0.1) is 0 Å². The van der Waals surface area contributed by atoms with Crippen LogP contribution in [0.15, 0.2) is 24.3 Å². The highest BCUT2D eigenvalue weighted by molar-refractivity contribution is 5.95. The summed E-state index contributed by atoms with van der Waals surface area (Å²) in [6.07, 6.45) is 1.01. The van der Waals surface area contributed by atoms with Gasteiger partial charge in [0.25, 0.3) is 5.91 Å². The van der Waals surface area contributed by atoms with Gasteiger partial charge in [-0.15, -0.1) is 0 Å². The first kappa shape index (κ1) is 12.1. The number of carbonyl (C=O) groups is 1. The van der Waals surface area contributed by atoms with E-state index in [0.29, 0.717) is 13.0 Å². The summed E-state index contributed by atoms with van der Waals surface area (Å²) in [5.41, 5.74) is 1.63. The fourth-order valence-corrected chi connectivity index (χ4v) is 2.19. The molecule has 1 unspecified atom stereocenters. The number of fused-ring (bicyclic) bond motifs is 1. The highest BCUT2D eigenvalue weighted by Gasteiger charge is 2.24. The Kier molecular flexibility index (Phi) is 3.76. The Morgan fingerprint density at radius 3 is 3.06 bits per heavy atom. The molecule has 0 saturated heterocycles. The van der Waals surface area contributed by atoms with Gasteiger partial charge in [-0.2, -0.15) is 0 Å². The molecule has 0 aliphatic carbocycles. The van der Waals surface area contributed by atoms with Crippen molar-refractivity contribution in [3.05, 3.63) is 29.8 Å². The van der Waals surface area contributed by atoms with Crippen molar-refractivity contribution < 1.29 is 14.6 Å². The number of hydrogen-bond donors (Lipinski definition) is 1. The van der Waals surface area contributed by atoms with E-state index in [1.165, 1.54) is 7.11 Å². The quantitative estimate of drug-likeness (QED) is 0.845. The van der Waals surface area contributed by atoms with E-state index in [1.54, 1.807) is 4.90 Å². The minimum absolute atomic E-state index is 0.0611. The third-order valence-corrected chi connectivity index (χ3v) is 3.01. The molecule has 1 N–H and O–H groups in total. The van der Waals surface area contributed by atoms with Crippen molar-refractivity contribution in [2.24, 2.45) is 0 Å². The van der Waals surface area contributed by atoms with Crippen molar-refractivity contribution in [2.45, 2.75) is 18.9 Å². The van der Waals surface area contributed by atoms with Crippen molar-refractivity contribution in [3.63, 3.8) is 0 Å². The van der Waals surface area contributed by atoms with Crippen molar-refractivity contribution >= 4 is 11.6 Å². The molecule has 1 heterocycles. The molecule has 1 aromatic carbocycles. The molecule has 0 spiro atoms. The van der Waals surface area contributed by atoms with Crippen LogP contribution in [-0.4, -0.2) is 31.3 Å². The van der Waals surface area contributed by atoms with Gasteiger partial charge in [-0.1, -0.05) is 18.2 Å². The number of aliphatic hydroxyl groups is 1. The second-order valence-corrected chi connectivity index (χ2v) is 4.20. The first-order valence-corrected chi connectivity index (χ1v) is 5.80. The van der Waals surface area contributed by atoms with E-state index >= 15 is 0 Å². The van der Waals surface area contributed by atoms with E-state index < -0.39 is 6.10 Å². The van der Waals surface area contributed by atoms with E-state index in [2.05, 4.69) is 0 Å². The molecule has 0 fully saturated rings. The lowest BCUT2D eigenvalue weighted by Gasteiger charge is -2.22. The molecule has 0 saturated carbocycles. The minimum Gasteiger partial charge on any atom is -0.388 e. The second-order valence-electron chi connectivity index (χ2n) is 4.20. The molecule has 92 valence electrons. The third-order valence-electron chi connectivity index (χ3n) is 3.01. The lowest BCUT2D eigenvalue weighted by Crippen LogP contribution is -2.34. The van der Waals surface area contributed by atoms with Crippen LogP contribution >= 0.6 is 0 Å². The molecule has 4 nitrogen and oxygen atoms in total. The highest BCUT2D eigenvalue weighted by atomic mass is 16.5. The van der Waals surface area contributed by atoms with Gasteiger partial charge in [-0.3, -0.25) is 4.79 Å². The molecule has 4 heteroatoms. The summed E-state index contributed by atoms with van der Waals surface area (Å²) in [6, 6.07) is 7.51. The average molecular weight is 235 g/mol. The minimum atomic E-state index is -0.480. The van der Waals surface area contributed by atoms with Gasteiger partial charge in [0.1, 0.15) is 6.61 Å². The number of aliphatic hydroxyl groups excluding tert-OH is 1. The Bertz CT molecular complexity index is 405. The zero-order valence-electron chi connectivity index (χ0n) is 9.93. The second kappa shape index (κ2) is 5.29. The van der Waals surface area contributed by atoms with E-state index in [0.717, 1.165) is 17.7 Å². The van der Waals surface area contributed by atoms with Gasteiger partial charge in [-0.05, 0) is 18.9 Å². The Morgan fingerprint density at radius 2 is 2.29 bits per heavy atom. The molecule has 1 aliphatic heterocycles. The third kappa shape index (κ3) is 2.48. The first-order valence-electron chi connectivity index (χ1n) is 5.80. The first-order chi connectivity index (χ1) is 8.24. The van der Waals surface area contributed by atoms with E-state index in [4.69, 9.17) is 4.74 Å².